The lowest BCUT2D eigenvalue weighted by atomic mass is 10.1. The highest BCUT2D eigenvalue weighted by Crippen LogP contribution is 2.24. The molecule has 0 atom stereocenters. The molecule has 1 amide bonds. The van der Waals surface area contributed by atoms with Gasteiger partial charge in [0.2, 0.25) is 0 Å². The van der Waals surface area contributed by atoms with Crippen LogP contribution in [0.4, 0.5) is 0 Å². The second kappa shape index (κ2) is 6.36. The number of aromatic nitrogens is 1. The second-order valence-electron chi connectivity index (χ2n) is 4.95. The molecule has 2 rings (SSSR count). The van der Waals surface area contributed by atoms with Gasteiger partial charge < -0.3 is 15.8 Å². The monoisotopic (exact) mass is 276 g/mol. The van der Waals surface area contributed by atoms with E-state index in [1.165, 1.54) is 19.0 Å². The van der Waals surface area contributed by atoms with Crippen LogP contribution in [0.5, 0.6) is 0 Å². The Balaban J connectivity index is 2.15. The van der Waals surface area contributed by atoms with Gasteiger partial charge in [0.05, 0.1) is 0 Å². The molecular formula is C14H20N4O2. The van der Waals surface area contributed by atoms with Crippen molar-refractivity contribution in [3.63, 3.8) is 0 Å². The van der Waals surface area contributed by atoms with Crippen molar-refractivity contribution in [2.24, 2.45) is 10.9 Å². The van der Waals surface area contributed by atoms with E-state index in [4.69, 9.17) is 10.9 Å². The summed E-state index contributed by atoms with van der Waals surface area (Å²) in [7, 11) is 0. The van der Waals surface area contributed by atoms with E-state index in [-0.39, 0.29) is 11.7 Å². The Bertz CT molecular complexity index is 492. The van der Waals surface area contributed by atoms with Crippen LogP contribution in [-0.2, 0) is 0 Å². The summed E-state index contributed by atoms with van der Waals surface area (Å²) in [6, 6.07) is 3.59. The third-order valence-electron chi connectivity index (χ3n) is 3.75. The Hall–Kier alpha value is -2.11. The molecule has 6 heteroatoms. The number of pyridine rings is 1. The molecule has 0 aliphatic heterocycles. The number of amidine groups is 1. The average Bonchev–Trinajstić information content (AvgIpc) is 3.01. The van der Waals surface area contributed by atoms with Gasteiger partial charge in [-0.15, -0.1) is 0 Å². The van der Waals surface area contributed by atoms with Crippen molar-refractivity contribution < 1.29 is 10.0 Å². The molecule has 0 bridgehead atoms. The van der Waals surface area contributed by atoms with Gasteiger partial charge >= 0.3 is 0 Å². The minimum atomic E-state index is -0.0505. The second-order valence-corrected chi connectivity index (χ2v) is 4.95. The first kappa shape index (κ1) is 14.3. The maximum Gasteiger partial charge on any atom is 0.272 e. The quantitative estimate of drug-likeness (QED) is 0.378. The van der Waals surface area contributed by atoms with Crippen LogP contribution in [0.15, 0.2) is 23.5 Å². The highest BCUT2D eigenvalue weighted by molar-refractivity contribution is 5.98. The molecule has 0 aromatic carbocycles. The summed E-state index contributed by atoms with van der Waals surface area (Å²) in [5, 5.41) is 11.5. The number of nitrogens with two attached hydrogens (primary N) is 1. The van der Waals surface area contributed by atoms with E-state index in [0.29, 0.717) is 23.8 Å². The fraction of sp³-hybridized carbons (Fsp3) is 0.500. The number of hydrogen-bond donors (Lipinski definition) is 2. The minimum Gasteiger partial charge on any atom is -0.409 e. The van der Waals surface area contributed by atoms with Crippen LogP contribution in [-0.4, -0.2) is 39.4 Å². The molecule has 0 unspecified atom stereocenters. The van der Waals surface area contributed by atoms with E-state index in [1.807, 2.05) is 11.8 Å². The Labute approximate surface area is 118 Å². The first-order valence-corrected chi connectivity index (χ1v) is 6.92. The summed E-state index contributed by atoms with van der Waals surface area (Å²) in [5.41, 5.74) is 6.36. The highest BCUT2D eigenvalue weighted by Gasteiger charge is 2.26. The molecule has 1 fully saturated rings. The van der Waals surface area contributed by atoms with Crippen LogP contribution in [0.25, 0.3) is 0 Å². The Kier molecular flexibility index (Phi) is 4.55. The van der Waals surface area contributed by atoms with Crippen molar-refractivity contribution >= 4 is 11.7 Å². The molecule has 0 spiro atoms. The normalized spacial score (nSPS) is 16.4. The number of rotatable bonds is 4. The molecule has 1 aromatic heterocycles. The number of nitrogens with zero attached hydrogens (tertiary/aromatic N) is 3. The molecule has 3 N–H and O–H groups in total. The van der Waals surface area contributed by atoms with Gasteiger partial charge in [0.15, 0.2) is 5.84 Å². The molecule has 0 radical (unpaired) electrons. The molecule has 1 aliphatic carbocycles. The van der Waals surface area contributed by atoms with Gasteiger partial charge in [0, 0.05) is 24.3 Å². The summed E-state index contributed by atoms with van der Waals surface area (Å²) in [5.74, 6) is -0.0647. The van der Waals surface area contributed by atoms with Crippen molar-refractivity contribution in [1.29, 1.82) is 0 Å². The summed E-state index contributed by atoms with van der Waals surface area (Å²) >= 11 is 0. The molecule has 1 aliphatic rings. The van der Waals surface area contributed by atoms with Gasteiger partial charge in [-0.3, -0.25) is 9.78 Å². The predicted molar refractivity (Wildman–Crippen MR) is 75.7 cm³/mol. The van der Waals surface area contributed by atoms with Crippen LogP contribution in [0.2, 0.25) is 0 Å². The summed E-state index contributed by atoms with van der Waals surface area (Å²) in [4.78, 5) is 18.5. The van der Waals surface area contributed by atoms with Crippen LogP contribution in [0.1, 0.15) is 48.7 Å². The Morgan fingerprint density at radius 2 is 2.20 bits per heavy atom. The lowest BCUT2D eigenvalue weighted by Gasteiger charge is -2.27. The largest absolute Gasteiger partial charge is 0.409 e. The summed E-state index contributed by atoms with van der Waals surface area (Å²) in [6.07, 6.45) is 5.96. The van der Waals surface area contributed by atoms with E-state index >= 15 is 0 Å². The molecule has 1 aromatic rings. The van der Waals surface area contributed by atoms with E-state index in [9.17, 15) is 4.79 Å². The average molecular weight is 276 g/mol. The molecular weight excluding hydrogens is 256 g/mol. The third kappa shape index (κ3) is 2.89. The SMILES string of the molecule is CCN(C(=O)c1ccc(C(N)=NO)cn1)C1CCCC1. The maximum absolute atomic E-state index is 12.5. The van der Waals surface area contributed by atoms with Crippen molar-refractivity contribution in [2.75, 3.05) is 6.54 Å². The van der Waals surface area contributed by atoms with Crippen LogP contribution in [0, 0.1) is 0 Å². The predicted octanol–water partition coefficient (Wildman–Crippen LogP) is 1.58. The number of hydrogen-bond acceptors (Lipinski definition) is 4. The molecule has 108 valence electrons. The first-order chi connectivity index (χ1) is 9.67. The van der Waals surface area contributed by atoms with Crippen molar-refractivity contribution in [1.82, 2.24) is 9.88 Å². The first-order valence-electron chi connectivity index (χ1n) is 6.92. The fourth-order valence-electron chi connectivity index (χ4n) is 2.66. The van der Waals surface area contributed by atoms with Gasteiger partial charge in [0.1, 0.15) is 5.69 Å². The Morgan fingerprint density at radius 3 is 2.70 bits per heavy atom. The lowest BCUT2D eigenvalue weighted by molar-refractivity contribution is 0.0687. The van der Waals surface area contributed by atoms with Crippen LogP contribution >= 0.6 is 0 Å². The van der Waals surface area contributed by atoms with Crippen molar-refractivity contribution in [3.8, 4) is 0 Å². The zero-order valence-electron chi connectivity index (χ0n) is 11.6. The molecule has 20 heavy (non-hydrogen) atoms. The molecule has 6 nitrogen and oxygen atoms in total. The van der Waals surface area contributed by atoms with Gasteiger partial charge in [-0.25, -0.2) is 0 Å². The zero-order valence-corrected chi connectivity index (χ0v) is 11.6. The highest BCUT2D eigenvalue weighted by atomic mass is 16.4. The summed E-state index contributed by atoms with van der Waals surface area (Å²) < 4.78 is 0. The van der Waals surface area contributed by atoms with Gasteiger partial charge in [0.25, 0.3) is 5.91 Å². The van der Waals surface area contributed by atoms with Crippen LogP contribution in [0.3, 0.4) is 0 Å². The smallest absolute Gasteiger partial charge is 0.272 e. The van der Waals surface area contributed by atoms with E-state index in [0.717, 1.165) is 12.8 Å². The number of amides is 1. The van der Waals surface area contributed by atoms with E-state index in [2.05, 4.69) is 10.1 Å². The summed E-state index contributed by atoms with van der Waals surface area (Å²) in [6.45, 7) is 2.67. The van der Waals surface area contributed by atoms with Crippen molar-refractivity contribution in [2.45, 2.75) is 38.6 Å². The van der Waals surface area contributed by atoms with E-state index in [1.54, 1.807) is 12.1 Å². The maximum atomic E-state index is 12.5. The fourth-order valence-corrected chi connectivity index (χ4v) is 2.66. The number of carbonyl (C=O) groups is 1. The molecule has 0 saturated heterocycles. The number of carbonyl (C=O) groups excluding carboxylic acids is 1. The van der Waals surface area contributed by atoms with Crippen LogP contribution < -0.4 is 5.73 Å². The van der Waals surface area contributed by atoms with Crippen molar-refractivity contribution in [3.05, 3.63) is 29.6 Å². The number of oxime groups is 1. The van der Waals surface area contributed by atoms with E-state index < -0.39 is 0 Å². The Morgan fingerprint density at radius 1 is 1.50 bits per heavy atom. The zero-order chi connectivity index (χ0) is 14.5. The van der Waals surface area contributed by atoms with Gasteiger partial charge in [-0.1, -0.05) is 18.0 Å². The standard InChI is InChI=1S/C14H20N4O2/c1-2-18(11-5-3-4-6-11)14(19)12-8-7-10(9-16-12)13(15)17-20/h7-9,11,20H,2-6H2,1H3,(H2,15,17). The molecule has 1 heterocycles. The van der Waals surface area contributed by atoms with Gasteiger partial charge in [-0.2, -0.15) is 0 Å². The topological polar surface area (TPSA) is 91.8 Å². The molecule has 1 saturated carbocycles. The third-order valence-corrected chi connectivity index (χ3v) is 3.75. The van der Waals surface area contributed by atoms with Gasteiger partial charge in [-0.05, 0) is 31.9 Å². The minimum absolute atomic E-state index is 0.0142. The lowest BCUT2D eigenvalue weighted by Crippen LogP contribution is -2.39.